The number of hydrogen-bond donors (Lipinski definition) is 1. The standard InChI is InChI=1S/C21H21FN4O4/c1-2-29-12-10-18(27)23-20-19-16(25-11-13-30-21(25)28)4-3-5-17(19)26(24-20)15-8-6-14(22)7-9-15/h3-9H,2,10-13H2,1H3,(H,23,24,27). The van der Waals surface area contributed by atoms with Crippen molar-refractivity contribution in [2.45, 2.75) is 13.3 Å². The highest BCUT2D eigenvalue weighted by molar-refractivity contribution is 6.10. The molecule has 1 aliphatic rings. The molecule has 0 saturated carbocycles. The molecule has 1 aliphatic heterocycles. The summed E-state index contributed by atoms with van der Waals surface area (Å²) in [6, 6.07) is 11.3. The van der Waals surface area contributed by atoms with E-state index >= 15 is 0 Å². The van der Waals surface area contributed by atoms with E-state index in [0.29, 0.717) is 47.9 Å². The van der Waals surface area contributed by atoms with Gasteiger partial charge in [-0.1, -0.05) is 6.07 Å². The quantitative estimate of drug-likeness (QED) is 0.601. The van der Waals surface area contributed by atoms with E-state index in [1.165, 1.54) is 17.0 Å². The van der Waals surface area contributed by atoms with Crippen LogP contribution in [-0.4, -0.2) is 48.1 Å². The van der Waals surface area contributed by atoms with Crippen LogP contribution in [0.5, 0.6) is 0 Å². The van der Waals surface area contributed by atoms with Crippen LogP contribution >= 0.6 is 0 Å². The van der Waals surface area contributed by atoms with Gasteiger partial charge in [0.05, 0.1) is 41.9 Å². The van der Waals surface area contributed by atoms with Gasteiger partial charge in [-0.2, -0.15) is 0 Å². The lowest BCUT2D eigenvalue weighted by Crippen LogP contribution is -2.23. The fraction of sp³-hybridized carbons (Fsp3) is 0.286. The highest BCUT2D eigenvalue weighted by Crippen LogP contribution is 2.35. The molecule has 2 heterocycles. The number of carbonyl (C=O) groups is 2. The lowest BCUT2D eigenvalue weighted by molar-refractivity contribution is -0.117. The van der Waals surface area contributed by atoms with Crippen LogP contribution in [0, 0.1) is 5.82 Å². The van der Waals surface area contributed by atoms with E-state index < -0.39 is 6.09 Å². The van der Waals surface area contributed by atoms with Crippen molar-refractivity contribution in [3.63, 3.8) is 0 Å². The van der Waals surface area contributed by atoms with Gasteiger partial charge in [0.25, 0.3) is 0 Å². The number of carbonyl (C=O) groups excluding carboxylic acids is 2. The molecule has 9 heteroatoms. The summed E-state index contributed by atoms with van der Waals surface area (Å²) in [6.45, 7) is 3.37. The lowest BCUT2D eigenvalue weighted by Gasteiger charge is -2.14. The minimum absolute atomic E-state index is 0.173. The van der Waals surface area contributed by atoms with E-state index in [1.54, 1.807) is 28.9 Å². The van der Waals surface area contributed by atoms with Crippen LogP contribution in [0.25, 0.3) is 16.6 Å². The van der Waals surface area contributed by atoms with Gasteiger partial charge in [0.1, 0.15) is 12.4 Å². The highest BCUT2D eigenvalue weighted by atomic mass is 19.1. The van der Waals surface area contributed by atoms with Crippen LogP contribution in [-0.2, 0) is 14.3 Å². The van der Waals surface area contributed by atoms with Gasteiger partial charge >= 0.3 is 6.09 Å². The summed E-state index contributed by atoms with van der Waals surface area (Å²) < 4.78 is 25.3. The minimum atomic E-state index is -0.453. The second kappa shape index (κ2) is 8.50. The number of cyclic esters (lactones) is 1. The monoisotopic (exact) mass is 412 g/mol. The van der Waals surface area contributed by atoms with E-state index in [-0.39, 0.29) is 24.8 Å². The second-order valence-electron chi connectivity index (χ2n) is 6.67. The number of hydrogen-bond acceptors (Lipinski definition) is 5. The number of nitrogens with one attached hydrogen (secondary N) is 1. The molecule has 0 spiro atoms. The Kier molecular flexibility index (Phi) is 5.62. The van der Waals surface area contributed by atoms with Crippen molar-refractivity contribution in [3.8, 4) is 5.69 Å². The molecular weight excluding hydrogens is 391 g/mol. The molecule has 2 aromatic carbocycles. The van der Waals surface area contributed by atoms with E-state index in [4.69, 9.17) is 9.47 Å². The molecule has 0 bridgehead atoms. The minimum Gasteiger partial charge on any atom is -0.447 e. The molecule has 1 saturated heterocycles. The summed E-state index contributed by atoms with van der Waals surface area (Å²) in [6.07, 6.45) is -0.280. The molecule has 0 atom stereocenters. The SMILES string of the molecule is CCOCCC(=O)Nc1nn(-c2ccc(F)cc2)c2cccc(N3CCOC3=O)c12. The number of benzene rings is 2. The molecule has 0 unspecified atom stereocenters. The molecule has 1 N–H and O–H groups in total. The zero-order valence-corrected chi connectivity index (χ0v) is 16.4. The van der Waals surface area contributed by atoms with Gasteiger partial charge in [0, 0.05) is 6.61 Å². The number of nitrogens with zero attached hydrogens (tertiary/aromatic N) is 3. The van der Waals surface area contributed by atoms with E-state index in [0.717, 1.165) is 0 Å². The Morgan fingerprint density at radius 3 is 2.77 bits per heavy atom. The van der Waals surface area contributed by atoms with E-state index in [2.05, 4.69) is 10.4 Å². The number of aromatic nitrogens is 2. The zero-order chi connectivity index (χ0) is 21.1. The predicted octanol–water partition coefficient (Wildman–Crippen LogP) is 3.49. The highest BCUT2D eigenvalue weighted by Gasteiger charge is 2.28. The van der Waals surface area contributed by atoms with Gasteiger partial charge in [-0.25, -0.2) is 13.9 Å². The molecule has 30 heavy (non-hydrogen) atoms. The average molecular weight is 412 g/mol. The van der Waals surface area contributed by atoms with Crippen LogP contribution < -0.4 is 10.2 Å². The molecule has 4 rings (SSSR count). The molecular formula is C21H21FN4O4. The van der Waals surface area contributed by atoms with Gasteiger partial charge in [-0.05, 0) is 43.3 Å². The molecule has 8 nitrogen and oxygen atoms in total. The molecule has 1 fully saturated rings. The van der Waals surface area contributed by atoms with Crippen LogP contribution in [0.15, 0.2) is 42.5 Å². The van der Waals surface area contributed by atoms with Crippen LogP contribution in [0.4, 0.5) is 20.7 Å². The second-order valence-corrected chi connectivity index (χ2v) is 6.67. The number of amides is 2. The Hall–Kier alpha value is -3.46. The van der Waals surface area contributed by atoms with Crippen molar-refractivity contribution in [2.24, 2.45) is 0 Å². The van der Waals surface area contributed by atoms with Gasteiger partial charge in [-0.3, -0.25) is 9.69 Å². The first-order chi connectivity index (χ1) is 14.6. The van der Waals surface area contributed by atoms with Crippen molar-refractivity contribution in [1.29, 1.82) is 0 Å². The maximum absolute atomic E-state index is 13.4. The fourth-order valence-electron chi connectivity index (χ4n) is 3.36. The number of rotatable bonds is 7. The first-order valence-electron chi connectivity index (χ1n) is 9.68. The van der Waals surface area contributed by atoms with Crippen molar-refractivity contribution in [3.05, 3.63) is 48.3 Å². The molecule has 0 aliphatic carbocycles. The van der Waals surface area contributed by atoms with Gasteiger partial charge < -0.3 is 14.8 Å². The van der Waals surface area contributed by atoms with Crippen molar-refractivity contribution in [1.82, 2.24) is 9.78 Å². The molecule has 0 radical (unpaired) electrons. The van der Waals surface area contributed by atoms with Gasteiger partial charge in [-0.15, -0.1) is 5.10 Å². The number of halogens is 1. The summed E-state index contributed by atoms with van der Waals surface area (Å²) in [5.74, 6) is -0.306. The average Bonchev–Trinajstić information content (AvgIpc) is 3.33. The van der Waals surface area contributed by atoms with Crippen LogP contribution in [0.1, 0.15) is 13.3 Å². The smallest absolute Gasteiger partial charge is 0.414 e. The third-order valence-electron chi connectivity index (χ3n) is 4.74. The van der Waals surface area contributed by atoms with E-state index in [9.17, 15) is 14.0 Å². The maximum atomic E-state index is 13.4. The van der Waals surface area contributed by atoms with E-state index in [1.807, 2.05) is 13.0 Å². The zero-order valence-electron chi connectivity index (χ0n) is 16.4. The first-order valence-corrected chi connectivity index (χ1v) is 9.68. The summed E-state index contributed by atoms with van der Waals surface area (Å²) >= 11 is 0. The molecule has 156 valence electrons. The summed E-state index contributed by atoms with van der Waals surface area (Å²) in [7, 11) is 0. The van der Waals surface area contributed by atoms with Crippen molar-refractivity contribution >= 4 is 34.4 Å². The van der Waals surface area contributed by atoms with Crippen molar-refractivity contribution < 1.29 is 23.5 Å². The first kappa shape index (κ1) is 19.8. The lowest BCUT2D eigenvalue weighted by atomic mass is 10.2. The molecule has 2 amide bonds. The topological polar surface area (TPSA) is 85.7 Å². The summed E-state index contributed by atoms with van der Waals surface area (Å²) in [5, 5.41) is 7.98. The van der Waals surface area contributed by atoms with Gasteiger partial charge in [0.15, 0.2) is 5.82 Å². The van der Waals surface area contributed by atoms with Crippen LogP contribution in [0.3, 0.4) is 0 Å². The fourth-order valence-corrected chi connectivity index (χ4v) is 3.36. The Morgan fingerprint density at radius 1 is 1.27 bits per heavy atom. The third kappa shape index (κ3) is 3.84. The summed E-state index contributed by atoms with van der Waals surface area (Å²) in [5.41, 5.74) is 1.87. The summed E-state index contributed by atoms with van der Waals surface area (Å²) in [4.78, 5) is 26.1. The molecule has 3 aromatic rings. The Morgan fingerprint density at radius 2 is 2.07 bits per heavy atom. The predicted molar refractivity (Wildman–Crippen MR) is 109 cm³/mol. The maximum Gasteiger partial charge on any atom is 0.414 e. The Balaban J connectivity index is 1.80. The number of fused-ring (bicyclic) bond motifs is 1. The normalized spacial score (nSPS) is 13.7. The number of anilines is 2. The third-order valence-corrected chi connectivity index (χ3v) is 4.74. The molecule has 1 aromatic heterocycles. The largest absolute Gasteiger partial charge is 0.447 e. The Labute approximate surface area is 172 Å². The number of ether oxygens (including phenoxy) is 2. The van der Waals surface area contributed by atoms with Gasteiger partial charge in [0.2, 0.25) is 5.91 Å². The Bertz CT molecular complexity index is 1080. The van der Waals surface area contributed by atoms with Crippen LogP contribution in [0.2, 0.25) is 0 Å². The van der Waals surface area contributed by atoms with Crippen molar-refractivity contribution in [2.75, 3.05) is 36.6 Å².